The molecule has 6 aromatic rings. The van der Waals surface area contributed by atoms with Gasteiger partial charge < -0.3 is 4.42 Å². The molecule has 3 heteroatoms. The summed E-state index contributed by atoms with van der Waals surface area (Å²) in [6.45, 7) is 15.9. The normalized spacial score (nSPS) is 12.4. The second-order valence-corrected chi connectivity index (χ2v) is 13.3. The molecule has 3 aromatic heterocycles. The SMILES string of the molecule is Cc1sc2ccc(-c3oc4ccnc(-c5cc(C(C)(C)C)c6ccccc6c5)c4c3C)cc2c1CC(C)C. The third-order valence-corrected chi connectivity index (χ3v) is 8.78. The van der Waals surface area contributed by atoms with Crippen molar-refractivity contribution in [2.45, 2.75) is 60.3 Å². The molecule has 3 heterocycles. The van der Waals surface area contributed by atoms with Gasteiger partial charge in [0.2, 0.25) is 0 Å². The maximum atomic E-state index is 6.57. The maximum absolute atomic E-state index is 6.57. The molecule has 0 saturated carbocycles. The monoisotopic (exact) mass is 517 g/mol. The van der Waals surface area contributed by atoms with Gasteiger partial charge in [0.15, 0.2) is 0 Å². The quantitative estimate of drug-likeness (QED) is 0.232. The van der Waals surface area contributed by atoms with Gasteiger partial charge in [-0.1, -0.05) is 58.9 Å². The first-order valence-corrected chi connectivity index (χ1v) is 14.4. The number of hydrogen-bond donors (Lipinski definition) is 0. The van der Waals surface area contributed by atoms with E-state index in [1.807, 2.05) is 23.6 Å². The molecule has 0 radical (unpaired) electrons. The highest BCUT2D eigenvalue weighted by molar-refractivity contribution is 7.19. The Bertz CT molecular complexity index is 1830. The van der Waals surface area contributed by atoms with E-state index in [0.29, 0.717) is 5.92 Å². The fourth-order valence-electron chi connectivity index (χ4n) is 5.83. The first-order valence-electron chi connectivity index (χ1n) is 13.6. The Morgan fingerprint density at radius 3 is 2.45 bits per heavy atom. The molecule has 2 nitrogen and oxygen atoms in total. The second kappa shape index (κ2) is 9.10. The van der Waals surface area contributed by atoms with Crippen molar-refractivity contribution in [1.82, 2.24) is 4.98 Å². The summed E-state index contributed by atoms with van der Waals surface area (Å²) in [6, 6.07) is 22.1. The van der Waals surface area contributed by atoms with Gasteiger partial charge in [0, 0.05) is 32.5 Å². The Kier molecular flexibility index (Phi) is 5.96. The molecule has 0 aliphatic carbocycles. The van der Waals surface area contributed by atoms with Crippen molar-refractivity contribution in [3.8, 4) is 22.6 Å². The number of aryl methyl sites for hydroxylation is 2. The van der Waals surface area contributed by atoms with E-state index < -0.39 is 0 Å². The van der Waals surface area contributed by atoms with Crippen molar-refractivity contribution < 1.29 is 4.42 Å². The molecule has 3 aromatic carbocycles. The van der Waals surface area contributed by atoms with E-state index in [4.69, 9.17) is 9.40 Å². The van der Waals surface area contributed by atoms with E-state index in [1.54, 1.807) is 0 Å². The van der Waals surface area contributed by atoms with Crippen LogP contribution in [-0.4, -0.2) is 4.98 Å². The van der Waals surface area contributed by atoms with Gasteiger partial charge in [-0.05, 0) is 95.3 Å². The van der Waals surface area contributed by atoms with Gasteiger partial charge in [0.25, 0.3) is 0 Å². The average molecular weight is 518 g/mol. The van der Waals surface area contributed by atoms with Crippen LogP contribution in [-0.2, 0) is 11.8 Å². The number of aromatic nitrogens is 1. The fraction of sp³-hybridized carbons (Fsp3) is 0.286. The van der Waals surface area contributed by atoms with Crippen LogP contribution in [0.4, 0.5) is 0 Å². The van der Waals surface area contributed by atoms with E-state index in [1.165, 1.54) is 36.9 Å². The summed E-state index contributed by atoms with van der Waals surface area (Å²) in [7, 11) is 0. The fourth-order valence-corrected chi connectivity index (χ4v) is 6.90. The van der Waals surface area contributed by atoms with Crippen LogP contribution in [0.5, 0.6) is 0 Å². The third-order valence-electron chi connectivity index (χ3n) is 7.65. The number of furan rings is 1. The standard InChI is InChI=1S/C35H35NOS/c1-20(2)16-27-22(4)38-31-13-12-24(18-28(27)31)34-21(3)32-30(37-34)14-15-36-33(32)25-17-23-10-8-9-11-26(23)29(19-25)35(5,6)7/h8-15,17-20H,16H2,1-7H3. The van der Waals surface area contributed by atoms with Crippen LogP contribution in [0.1, 0.15) is 56.2 Å². The number of fused-ring (bicyclic) bond motifs is 3. The van der Waals surface area contributed by atoms with Crippen molar-refractivity contribution in [2.75, 3.05) is 0 Å². The second-order valence-electron chi connectivity index (χ2n) is 12.0. The highest BCUT2D eigenvalue weighted by Crippen LogP contribution is 2.42. The highest BCUT2D eigenvalue weighted by Gasteiger charge is 2.22. The largest absolute Gasteiger partial charge is 0.456 e. The van der Waals surface area contributed by atoms with Crippen LogP contribution in [0, 0.1) is 19.8 Å². The van der Waals surface area contributed by atoms with Gasteiger partial charge in [0.05, 0.1) is 11.1 Å². The van der Waals surface area contributed by atoms with E-state index in [9.17, 15) is 0 Å². The number of benzene rings is 3. The topological polar surface area (TPSA) is 26.0 Å². The highest BCUT2D eigenvalue weighted by atomic mass is 32.1. The molecule has 0 amide bonds. The lowest BCUT2D eigenvalue weighted by atomic mass is 9.82. The molecular weight excluding hydrogens is 482 g/mol. The Morgan fingerprint density at radius 1 is 0.895 bits per heavy atom. The predicted molar refractivity (Wildman–Crippen MR) is 164 cm³/mol. The molecule has 0 spiro atoms. The maximum Gasteiger partial charge on any atom is 0.138 e. The summed E-state index contributed by atoms with van der Waals surface area (Å²) in [6.07, 6.45) is 2.98. The number of rotatable bonds is 4. The van der Waals surface area contributed by atoms with E-state index in [-0.39, 0.29) is 5.41 Å². The molecule has 0 fully saturated rings. The average Bonchev–Trinajstić information content (AvgIpc) is 3.38. The van der Waals surface area contributed by atoms with E-state index >= 15 is 0 Å². The first-order chi connectivity index (χ1) is 18.1. The molecule has 0 aliphatic heterocycles. The number of thiophene rings is 1. The Labute approximate surface area is 229 Å². The van der Waals surface area contributed by atoms with Crippen LogP contribution >= 0.6 is 11.3 Å². The molecule has 0 unspecified atom stereocenters. The van der Waals surface area contributed by atoms with Gasteiger partial charge in [-0.15, -0.1) is 11.3 Å². The van der Waals surface area contributed by atoms with Crippen LogP contribution in [0.2, 0.25) is 0 Å². The summed E-state index contributed by atoms with van der Waals surface area (Å²) in [5.41, 5.74) is 8.11. The summed E-state index contributed by atoms with van der Waals surface area (Å²) in [5.74, 6) is 1.56. The minimum absolute atomic E-state index is 0.0158. The Morgan fingerprint density at radius 2 is 1.68 bits per heavy atom. The zero-order valence-corrected chi connectivity index (χ0v) is 24.2. The lowest BCUT2D eigenvalue weighted by Crippen LogP contribution is -2.12. The van der Waals surface area contributed by atoms with Crippen LogP contribution in [0.3, 0.4) is 0 Å². The van der Waals surface area contributed by atoms with E-state index in [2.05, 4.69) is 103 Å². The summed E-state index contributed by atoms with van der Waals surface area (Å²) in [5, 5.41) is 5.01. The molecule has 0 atom stereocenters. The molecule has 0 N–H and O–H groups in total. The van der Waals surface area contributed by atoms with Crippen molar-refractivity contribution in [2.24, 2.45) is 5.92 Å². The lowest BCUT2D eigenvalue weighted by molar-refractivity contribution is 0.596. The summed E-state index contributed by atoms with van der Waals surface area (Å²) >= 11 is 1.90. The molecule has 38 heavy (non-hydrogen) atoms. The minimum Gasteiger partial charge on any atom is -0.456 e. The minimum atomic E-state index is 0.0158. The van der Waals surface area contributed by atoms with Crippen molar-refractivity contribution in [3.05, 3.63) is 88.4 Å². The molecule has 0 aliphatic rings. The zero-order valence-electron chi connectivity index (χ0n) is 23.4. The van der Waals surface area contributed by atoms with Gasteiger partial charge in [-0.3, -0.25) is 4.98 Å². The molecule has 6 rings (SSSR count). The van der Waals surface area contributed by atoms with Gasteiger partial charge in [-0.2, -0.15) is 0 Å². The van der Waals surface area contributed by atoms with Crippen molar-refractivity contribution in [3.63, 3.8) is 0 Å². The smallest absolute Gasteiger partial charge is 0.138 e. The summed E-state index contributed by atoms with van der Waals surface area (Å²) < 4.78 is 7.92. The van der Waals surface area contributed by atoms with E-state index in [0.717, 1.165) is 45.5 Å². The van der Waals surface area contributed by atoms with Crippen molar-refractivity contribution in [1.29, 1.82) is 0 Å². The number of pyridine rings is 1. The zero-order chi connectivity index (χ0) is 26.8. The first kappa shape index (κ1) is 24.9. The van der Waals surface area contributed by atoms with Gasteiger partial charge >= 0.3 is 0 Å². The third kappa shape index (κ3) is 4.14. The predicted octanol–water partition coefficient (Wildman–Crippen LogP) is 10.6. The molecule has 0 saturated heterocycles. The molecular formula is C35H35NOS. The van der Waals surface area contributed by atoms with Crippen LogP contribution in [0.25, 0.3) is 54.4 Å². The van der Waals surface area contributed by atoms with Crippen LogP contribution in [0.15, 0.2) is 71.3 Å². The van der Waals surface area contributed by atoms with Crippen LogP contribution < -0.4 is 0 Å². The van der Waals surface area contributed by atoms with Crippen molar-refractivity contribution >= 4 is 43.2 Å². The Balaban J connectivity index is 1.56. The Hall–Kier alpha value is -3.43. The molecule has 192 valence electrons. The van der Waals surface area contributed by atoms with Gasteiger partial charge in [-0.25, -0.2) is 0 Å². The summed E-state index contributed by atoms with van der Waals surface area (Å²) in [4.78, 5) is 6.34. The van der Waals surface area contributed by atoms with Gasteiger partial charge in [0.1, 0.15) is 11.3 Å². The molecule has 0 bridgehead atoms. The number of hydrogen-bond acceptors (Lipinski definition) is 3. The lowest BCUT2D eigenvalue weighted by Gasteiger charge is -2.22. The number of nitrogens with zero attached hydrogens (tertiary/aromatic N) is 1.